The predicted molar refractivity (Wildman–Crippen MR) is 106 cm³/mol. The van der Waals surface area contributed by atoms with Crippen LogP contribution in [0.2, 0.25) is 5.02 Å². The molecule has 7 heteroatoms. The minimum absolute atomic E-state index is 0.211. The number of ether oxygens (including phenoxy) is 1. The van der Waals surface area contributed by atoms with Crippen LogP contribution < -0.4 is 5.32 Å². The molecule has 0 atom stereocenters. The van der Waals surface area contributed by atoms with Gasteiger partial charge in [0.15, 0.2) is 0 Å². The molecule has 0 bridgehead atoms. The van der Waals surface area contributed by atoms with Crippen LogP contribution in [0.3, 0.4) is 0 Å². The highest BCUT2D eigenvalue weighted by molar-refractivity contribution is 6.31. The van der Waals surface area contributed by atoms with Crippen molar-refractivity contribution in [3.8, 4) is 0 Å². The zero-order valence-corrected chi connectivity index (χ0v) is 16.5. The molecule has 27 heavy (non-hydrogen) atoms. The van der Waals surface area contributed by atoms with Crippen LogP contribution in [-0.4, -0.2) is 35.3 Å². The van der Waals surface area contributed by atoms with E-state index in [1.165, 1.54) is 13.2 Å². The van der Waals surface area contributed by atoms with Gasteiger partial charge in [-0.3, -0.25) is 14.3 Å². The molecule has 0 saturated heterocycles. The van der Waals surface area contributed by atoms with Crippen LogP contribution in [0, 0.1) is 13.8 Å². The summed E-state index contributed by atoms with van der Waals surface area (Å²) < 4.78 is 6.44. The number of halogens is 1. The molecule has 2 rings (SSSR count). The first-order valence-electron chi connectivity index (χ1n) is 8.72. The first-order chi connectivity index (χ1) is 12.9. The summed E-state index contributed by atoms with van der Waals surface area (Å²) in [6, 6.07) is 7.66. The molecule has 2 aromatic rings. The summed E-state index contributed by atoms with van der Waals surface area (Å²) in [4.78, 5) is 23.0. The van der Waals surface area contributed by atoms with Gasteiger partial charge in [0, 0.05) is 35.3 Å². The summed E-state index contributed by atoms with van der Waals surface area (Å²) >= 11 is 6.23. The molecule has 0 aliphatic carbocycles. The molecule has 1 N–H and O–H groups in total. The van der Waals surface area contributed by atoms with Crippen molar-refractivity contribution in [2.75, 3.05) is 13.7 Å². The lowest BCUT2D eigenvalue weighted by Gasteiger charge is -2.06. The van der Waals surface area contributed by atoms with Crippen molar-refractivity contribution in [3.63, 3.8) is 0 Å². The van der Waals surface area contributed by atoms with Gasteiger partial charge in [0.2, 0.25) is 5.91 Å². The van der Waals surface area contributed by atoms with E-state index in [1.54, 1.807) is 6.08 Å². The Balaban J connectivity index is 1.97. The Morgan fingerprint density at radius 1 is 1.30 bits per heavy atom. The summed E-state index contributed by atoms with van der Waals surface area (Å²) in [5, 5.41) is 8.00. The van der Waals surface area contributed by atoms with E-state index in [-0.39, 0.29) is 18.3 Å². The number of nitrogens with one attached hydrogen (secondary N) is 1. The summed E-state index contributed by atoms with van der Waals surface area (Å²) in [6.45, 7) is 4.86. The number of nitrogens with zero attached hydrogens (tertiary/aromatic N) is 2. The second-order valence-electron chi connectivity index (χ2n) is 6.14. The van der Waals surface area contributed by atoms with Gasteiger partial charge in [-0.15, -0.1) is 0 Å². The number of esters is 1. The van der Waals surface area contributed by atoms with Gasteiger partial charge in [0.25, 0.3) is 0 Å². The molecule has 1 amide bonds. The van der Waals surface area contributed by atoms with Crippen LogP contribution in [0.15, 0.2) is 30.3 Å². The van der Waals surface area contributed by atoms with E-state index in [0.29, 0.717) is 24.5 Å². The standard InChI is InChI=1S/C20H24ClN3O3/c1-14-17(10-11-19(25)22-12-6-9-20(26)27-3)15(2)24(23-14)13-16-7-4-5-8-18(16)21/h4-5,7-8,10-11H,6,9,12-13H2,1-3H3,(H,22,25)/b11-10+. The largest absolute Gasteiger partial charge is 0.469 e. The maximum atomic E-state index is 11.9. The first kappa shape index (κ1) is 20.7. The Kier molecular flexibility index (Phi) is 7.61. The number of amides is 1. The van der Waals surface area contributed by atoms with Crippen molar-refractivity contribution in [2.24, 2.45) is 0 Å². The van der Waals surface area contributed by atoms with Gasteiger partial charge >= 0.3 is 5.97 Å². The van der Waals surface area contributed by atoms with E-state index >= 15 is 0 Å². The molecule has 1 aromatic carbocycles. The zero-order chi connectivity index (χ0) is 19.8. The van der Waals surface area contributed by atoms with Crippen LogP contribution in [0.5, 0.6) is 0 Å². The lowest BCUT2D eigenvalue weighted by molar-refractivity contribution is -0.140. The first-order valence-corrected chi connectivity index (χ1v) is 9.10. The number of aryl methyl sites for hydroxylation is 1. The fourth-order valence-corrected chi connectivity index (χ4v) is 2.85. The number of aromatic nitrogens is 2. The van der Waals surface area contributed by atoms with Gasteiger partial charge in [0.05, 0.1) is 19.3 Å². The molecule has 0 radical (unpaired) electrons. The molecule has 0 aliphatic rings. The Morgan fingerprint density at radius 2 is 2.04 bits per heavy atom. The Hall–Kier alpha value is -2.60. The molecule has 0 fully saturated rings. The normalized spacial score (nSPS) is 11.0. The summed E-state index contributed by atoms with van der Waals surface area (Å²) in [5.41, 5.74) is 3.70. The second kappa shape index (κ2) is 9.92. The van der Waals surface area contributed by atoms with Crippen LogP contribution in [0.4, 0.5) is 0 Å². The van der Waals surface area contributed by atoms with Gasteiger partial charge in [-0.05, 0) is 38.0 Å². The second-order valence-corrected chi connectivity index (χ2v) is 6.54. The van der Waals surface area contributed by atoms with Gasteiger partial charge in [-0.1, -0.05) is 29.8 Å². The van der Waals surface area contributed by atoms with Crippen molar-refractivity contribution in [2.45, 2.75) is 33.2 Å². The van der Waals surface area contributed by atoms with E-state index < -0.39 is 0 Å². The highest BCUT2D eigenvalue weighted by atomic mass is 35.5. The quantitative estimate of drug-likeness (QED) is 0.427. The third-order valence-corrected chi connectivity index (χ3v) is 4.57. The van der Waals surface area contributed by atoms with Crippen LogP contribution in [0.1, 0.15) is 35.4 Å². The van der Waals surface area contributed by atoms with Gasteiger partial charge < -0.3 is 10.1 Å². The lowest BCUT2D eigenvalue weighted by Crippen LogP contribution is -2.22. The summed E-state index contributed by atoms with van der Waals surface area (Å²) in [5.74, 6) is -0.491. The Morgan fingerprint density at radius 3 is 2.74 bits per heavy atom. The third kappa shape index (κ3) is 5.96. The number of benzene rings is 1. The minimum atomic E-state index is -0.281. The Bertz CT molecular complexity index is 843. The molecule has 6 nitrogen and oxygen atoms in total. The van der Waals surface area contributed by atoms with E-state index in [9.17, 15) is 9.59 Å². The van der Waals surface area contributed by atoms with Crippen molar-refractivity contribution in [1.82, 2.24) is 15.1 Å². The smallest absolute Gasteiger partial charge is 0.305 e. The van der Waals surface area contributed by atoms with E-state index in [0.717, 1.165) is 22.5 Å². The van der Waals surface area contributed by atoms with E-state index in [2.05, 4.69) is 15.2 Å². The van der Waals surface area contributed by atoms with Gasteiger partial charge in [0.1, 0.15) is 0 Å². The van der Waals surface area contributed by atoms with Gasteiger partial charge in [-0.25, -0.2) is 0 Å². The molecular weight excluding hydrogens is 366 g/mol. The topological polar surface area (TPSA) is 73.2 Å². The van der Waals surface area contributed by atoms with Crippen LogP contribution in [-0.2, 0) is 20.9 Å². The number of carbonyl (C=O) groups excluding carboxylic acids is 2. The third-order valence-electron chi connectivity index (χ3n) is 4.20. The highest BCUT2D eigenvalue weighted by Gasteiger charge is 2.11. The zero-order valence-electron chi connectivity index (χ0n) is 15.8. The number of hydrogen-bond donors (Lipinski definition) is 1. The fraction of sp³-hybridized carbons (Fsp3) is 0.350. The van der Waals surface area contributed by atoms with Crippen LogP contribution in [0.25, 0.3) is 6.08 Å². The van der Waals surface area contributed by atoms with E-state index in [4.69, 9.17) is 11.6 Å². The molecule has 0 spiro atoms. The average molecular weight is 390 g/mol. The van der Waals surface area contributed by atoms with Gasteiger partial charge in [-0.2, -0.15) is 5.10 Å². The SMILES string of the molecule is COC(=O)CCCNC(=O)/C=C/c1c(C)nn(Cc2ccccc2Cl)c1C. The molecule has 0 unspecified atom stereocenters. The maximum Gasteiger partial charge on any atom is 0.305 e. The fourth-order valence-electron chi connectivity index (χ4n) is 2.66. The molecule has 0 saturated carbocycles. The van der Waals surface area contributed by atoms with Crippen molar-refractivity contribution in [3.05, 3.63) is 57.9 Å². The number of rotatable bonds is 8. The summed E-state index contributed by atoms with van der Waals surface area (Å²) in [7, 11) is 1.35. The van der Waals surface area contributed by atoms with Crippen LogP contribution >= 0.6 is 11.6 Å². The lowest BCUT2D eigenvalue weighted by atomic mass is 10.1. The van der Waals surface area contributed by atoms with E-state index in [1.807, 2.05) is 42.8 Å². The minimum Gasteiger partial charge on any atom is -0.469 e. The number of methoxy groups -OCH3 is 1. The maximum absolute atomic E-state index is 11.9. The molecular formula is C20H24ClN3O3. The monoisotopic (exact) mass is 389 g/mol. The highest BCUT2D eigenvalue weighted by Crippen LogP contribution is 2.20. The Labute approximate surface area is 164 Å². The molecule has 1 aromatic heterocycles. The van der Waals surface area contributed by atoms with Crippen molar-refractivity contribution >= 4 is 29.6 Å². The molecule has 0 aliphatic heterocycles. The number of hydrogen-bond acceptors (Lipinski definition) is 4. The summed E-state index contributed by atoms with van der Waals surface area (Å²) in [6.07, 6.45) is 4.07. The van der Waals surface area contributed by atoms with Crippen molar-refractivity contribution in [1.29, 1.82) is 0 Å². The number of carbonyl (C=O) groups is 2. The average Bonchev–Trinajstić information content (AvgIpc) is 2.91. The van der Waals surface area contributed by atoms with Crippen molar-refractivity contribution < 1.29 is 14.3 Å². The molecule has 144 valence electrons. The predicted octanol–water partition coefficient (Wildman–Crippen LogP) is 3.28. The molecule has 1 heterocycles.